The van der Waals surface area contributed by atoms with Crippen LogP contribution in [0.2, 0.25) is 0 Å². The third-order valence-corrected chi connectivity index (χ3v) is 6.06. The van der Waals surface area contributed by atoms with E-state index in [1.165, 1.54) is 11.0 Å². The normalized spacial score (nSPS) is 19.8. The molecule has 12 heteroatoms. The number of nitrogens with zero attached hydrogens (tertiary/aromatic N) is 7. The van der Waals surface area contributed by atoms with Gasteiger partial charge in [0.15, 0.2) is 5.82 Å². The van der Waals surface area contributed by atoms with Gasteiger partial charge >= 0.3 is 5.97 Å². The molecule has 182 valence electrons. The fourth-order valence-corrected chi connectivity index (χ4v) is 4.11. The number of rotatable bonds is 5. The van der Waals surface area contributed by atoms with Crippen LogP contribution in [0.1, 0.15) is 37.1 Å². The third-order valence-electron chi connectivity index (χ3n) is 6.06. The van der Waals surface area contributed by atoms with Crippen LogP contribution in [0, 0.1) is 6.92 Å². The molecule has 4 rings (SSSR count). The summed E-state index contributed by atoms with van der Waals surface area (Å²) in [6, 6.07) is 3.56. The molecule has 0 aliphatic carbocycles. The highest BCUT2D eigenvalue weighted by Gasteiger charge is 2.29. The summed E-state index contributed by atoms with van der Waals surface area (Å²) in [5.74, 6) is 0.109. The lowest BCUT2D eigenvalue weighted by atomic mass is 10.1. The quantitative estimate of drug-likeness (QED) is 0.601. The van der Waals surface area contributed by atoms with Crippen LogP contribution in [0.25, 0.3) is 5.82 Å². The first kappa shape index (κ1) is 23.9. The van der Waals surface area contributed by atoms with Gasteiger partial charge in [-0.05, 0) is 36.8 Å². The van der Waals surface area contributed by atoms with Crippen molar-refractivity contribution in [3.05, 3.63) is 41.0 Å². The monoisotopic (exact) mass is 471 g/mol. The first-order chi connectivity index (χ1) is 16.4. The summed E-state index contributed by atoms with van der Waals surface area (Å²) in [6.45, 7) is 6.47. The summed E-state index contributed by atoms with van der Waals surface area (Å²) >= 11 is 0. The van der Waals surface area contributed by atoms with Crippen LogP contribution in [-0.2, 0) is 19.1 Å². The lowest BCUT2D eigenvalue weighted by molar-refractivity contribution is -0.136. The van der Waals surface area contributed by atoms with Crippen molar-refractivity contribution in [3.8, 4) is 5.82 Å². The molecular formula is C22H29N7O5. The van der Waals surface area contributed by atoms with Crippen molar-refractivity contribution in [3.63, 3.8) is 0 Å². The SMILES string of the molecule is CC1=C(N2CCCOCCN(CC(O)c3ccc(-n4cnnn4)nc3C)CCC2=O)COC1=O. The van der Waals surface area contributed by atoms with E-state index < -0.39 is 6.10 Å². The number of tetrazole rings is 1. The Bertz CT molecular complexity index is 1060. The number of carbonyl (C=O) groups is 2. The predicted octanol–water partition coefficient (Wildman–Crippen LogP) is 0.171. The van der Waals surface area contributed by atoms with Gasteiger partial charge in [0.1, 0.15) is 12.9 Å². The predicted molar refractivity (Wildman–Crippen MR) is 119 cm³/mol. The summed E-state index contributed by atoms with van der Waals surface area (Å²) in [6.07, 6.45) is 1.58. The van der Waals surface area contributed by atoms with Gasteiger partial charge < -0.3 is 19.5 Å². The molecule has 1 amide bonds. The first-order valence-electron chi connectivity index (χ1n) is 11.3. The second kappa shape index (κ2) is 10.8. The molecule has 1 atom stereocenters. The van der Waals surface area contributed by atoms with Gasteiger partial charge in [0.05, 0.1) is 24.0 Å². The molecule has 2 aliphatic heterocycles. The summed E-state index contributed by atoms with van der Waals surface area (Å²) in [4.78, 5) is 33.0. The molecule has 2 aliphatic rings. The standard InChI is InChI=1S/C22H29N7O5/c1-15-18(13-34-22(15)32)28-7-3-10-33-11-9-27(8-6-21(28)31)12-19(30)17-4-5-20(24-16(17)2)29-14-23-25-26-29/h4-5,14,19,30H,3,6-13H2,1-2H3. The van der Waals surface area contributed by atoms with E-state index in [9.17, 15) is 14.7 Å². The Labute approximate surface area is 197 Å². The molecule has 4 heterocycles. The van der Waals surface area contributed by atoms with Crippen molar-refractivity contribution in [2.75, 3.05) is 46.0 Å². The van der Waals surface area contributed by atoms with E-state index in [1.807, 2.05) is 17.9 Å². The molecule has 2 aromatic heterocycles. The van der Waals surface area contributed by atoms with Gasteiger partial charge in [-0.3, -0.25) is 9.69 Å². The minimum Gasteiger partial charge on any atom is -0.456 e. The first-order valence-corrected chi connectivity index (χ1v) is 11.3. The molecule has 1 fully saturated rings. The maximum Gasteiger partial charge on any atom is 0.336 e. The Morgan fingerprint density at radius 3 is 2.71 bits per heavy atom. The van der Waals surface area contributed by atoms with E-state index in [1.54, 1.807) is 17.9 Å². The summed E-state index contributed by atoms with van der Waals surface area (Å²) in [5.41, 5.74) is 2.47. The molecule has 0 spiro atoms. The van der Waals surface area contributed by atoms with E-state index in [2.05, 4.69) is 20.5 Å². The maximum absolute atomic E-state index is 13.1. The van der Waals surface area contributed by atoms with Crippen molar-refractivity contribution in [2.45, 2.75) is 32.8 Å². The second-order valence-corrected chi connectivity index (χ2v) is 8.32. The van der Waals surface area contributed by atoms with Crippen LogP contribution < -0.4 is 0 Å². The molecule has 12 nitrogen and oxygen atoms in total. The number of hydrogen-bond acceptors (Lipinski definition) is 10. The molecule has 2 aromatic rings. The van der Waals surface area contributed by atoms with E-state index in [4.69, 9.17) is 9.47 Å². The molecule has 1 N–H and O–H groups in total. The van der Waals surface area contributed by atoms with Crippen molar-refractivity contribution < 1.29 is 24.2 Å². The number of ether oxygens (including phenoxy) is 2. The fraction of sp³-hybridized carbons (Fsp3) is 0.545. The summed E-state index contributed by atoms with van der Waals surface area (Å²) in [7, 11) is 0. The molecule has 1 unspecified atom stereocenters. The number of amides is 1. The number of β-amino-alcohol motifs (C(OH)–C–C–N with tert-alkyl or cyclic N) is 1. The van der Waals surface area contributed by atoms with E-state index in [0.29, 0.717) is 74.2 Å². The van der Waals surface area contributed by atoms with Crippen LogP contribution >= 0.6 is 0 Å². The number of aromatic nitrogens is 5. The van der Waals surface area contributed by atoms with Crippen LogP contribution in [-0.4, -0.2) is 98.0 Å². The smallest absolute Gasteiger partial charge is 0.336 e. The number of pyridine rings is 1. The van der Waals surface area contributed by atoms with Gasteiger partial charge in [-0.2, -0.15) is 4.68 Å². The topological polar surface area (TPSA) is 136 Å². The molecular weight excluding hydrogens is 442 g/mol. The van der Waals surface area contributed by atoms with Gasteiger partial charge in [0.2, 0.25) is 5.91 Å². The number of aliphatic hydroxyl groups excluding tert-OH is 1. The van der Waals surface area contributed by atoms with Crippen molar-refractivity contribution in [1.29, 1.82) is 0 Å². The maximum atomic E-state index is 13.1. The number of carbonyl (C=O) groups excluding carboxylic acids is 2. The Morgan fingerprint density at radius 2 is 2.00 bits per heavy atom. The van der Waals surface area contributed by atoms with Gasteiger partial charge in [0, 0.05) is 50.5 Å². The highest BCUT2D eigenvalue weighted by Crippen LogP contribution is 2.22. The lowest BCUT2D eigenvalue weighted by Gasteiger charge is -2.27. The van der Waals surface area contributed by atoms with Crippen LogP contribution in [0.5, 0.6) is 0 Å². The van der Waals surface area contributed by atoms with Crippen LogP contribution in [0.4, 0.5) is 0 Å². The largest absolute Gasteiger partial charge is 0.456 e. The fourth-order valence-electron chi connectivity index (χ4n) is 4.11. The van der Waals surface area contributed by atoms with E-state index in [-0.39, 0.29) is 24.9 Å². The van der Waals surface area contributed by atoms with Crippen LogP contribution in [0.3, 0.4) is 0 Å². The molecule has 0 bridgehead atoms. The van der Waals surface area contributed by atoms with E-state index >= 15 is 0 Å². The minimum absolute atomic E-state index is 0.0716. The zero-order valence-electron chi connectivity index (χ0n) is 19.4. The Hall–Kier alpha value is -3.22. The second-order valence-electron chi connectivity index (χ2n) is 8.32. The Kier molecular flexibility index (Phi) is 7.60. The number of aliphatic hydroxyl groups is 1. The highest BCUT2D eigenvalue weighted by molar-refractivity contribution is 5.92. The number of hydrogen-bond donors (Lipinski definition) is 1. The number of cyclic esters (lactones) is 1. The average molecular weight is 472 g/mol. The summed E-state index contributed by atoms with van der Waals surface area (Å²) < 4.78 is 12.3. The van der Waals surface area contributed by atoms with Crippen molar-refractivity contribution in [1.82, 2.24) is 35.0 Å². The zero-order valence-corrected chi connectivity index (χ0v) is 19.4. The zero-order chi connectivity index (χ0) is 24.1. The van der Waals surface area contributed by atoms with Crippen molar-refractivity contribution in [2.24, 2.45) is 0 Å². The Morgan fingerprint density at radius 1 is 1.15 bits per heavy atom. The van der Waals surface area contributed by atoms with Gasteiger partial charge in [-0.15, -0.1) is 5.10 Å². The molecule has 1 saturated heterocycles. The number of aryl methyl sites for hydroxylation is 1. The Balaban J connectivity index is 1.43. The van der Waals surface area contributed by atoms with Gasteiger partial charge in [-0.1, -0.05) is 6.07 Å². The summed E-state index contributed by atoms with van der Waals surface area (Å²) in [5, 5.41) is 22.0. The van der Waals surface area contributed by atoms with Crippen LogP contribution in [0.15, 0.2) is 29.7 Å². The van der Waals surface area contributed by atoms with Gasteiger partial charge in [0.25, 0.3) is 0 Å². The highest BCUT2D eigenvalue weighted by atomic mass is 16.5. The molecule has 0 radical (unpaired) electrons. The average Bonchev–Trinajstić information content (AvgIpc) is 3.46. The molecule has 0 saturated carbocycles. The molecule has 34 heavy (non-hydrogen) atoms. The van der Waals surface area contributed by atoms with Gasteiger partial charge in [-0.25, -0.2) is 9.78 Å². The third kappa shape index (κ3) is 5.46. The number of esters is 1. The minimum atomic E-state index is -0.794. The lowest BCUT2D eigenvalue weighted by Crippen LogP contribution is -2.37. The molecule has 0 aromatic carbocycles. The van der Waals surface area contributed by atoms with Crippen molar-refractivity contribution >= 4 is 11.9 Å². The van der Waals surface area contributed by atoms with E-state index in [0.717, 1.165) is 0 Å².